The molecule has 2 atom stereocenters. The molecule has 3 heterocycles. The summed E-state index contributed by atoms with van der Waals surface area (Å²) in [5, 5.41) is 9.56. The molecular formula is C25H30N2O5. The van der Waals surface area contributed by atoms with E-state index in [-0.39, 0.29) is 22.9 Å². The van der Waals surface area contributed by atoms with Crippen LogP contribution in [0.15, 0.2) is 23.1 Å². The molecule has 2 fully saturated rings. The van der Waals surface area contributed by atoms with Crippen molar-refractivity contribution in [3.63, 3.8) is 0 Å². The maximum absolute atomic E-state index is 12.6. The average Bonchev–Trinajstić information content (AvgIpc) is 3.54. The van der Waals surface area contributed by atoms with Gasteiger partial charge in [-0.15, -0.1) is 0 Å². The summed E-state index contributed by atoms with van der Waals surface area (Å²) in [5.74, 6) is 0.256. The first kappa shape index (κ1) is 21.2. The van der Waals surface area contributed by atoms with Crippen LogP contribution in [0.1, 0.15) is 85.4 Å². The number of hydrogen-bond donors (Lipinski definition) is 1. The number of carboxylic acid groups (broad SMARTS) is 1. The third-order valence-electron chi connectivity index (χ3n) is 7.29. The van der Waals surface area contributed by atoms with Crippen molar-refractivity contribution in [1.29, 1.82) is 0 Å². The smallest absolute Gasteiger partial charge is 0.341 e. The summed E-state index contributed by atoms with van der Waals surface area (Å²) in [7, 11) is 1.69. The number of aromatic carboxylic acids is 1. The number of ether oxygens (including phenoxy) is 2. The minimum absolute atomic E-state index is 0.0312. The monoisotopic (exact) mass is 438 g/mol. The fourth-order valence-corrected chi connectivity index (χ4v) is 5.57. The van der Waals surface area contributed by atoms with Crippen molar-refractivity contribution >= 4 is 5.97 Å². The number of carbonyl (C=O) groups is 1. The molecule has 7 heteroatoms. The van der Waals surface area contributed by atoms with Crippen molar-refractivity contribution < 1.29 is 19.4 Å². The van der Waals surface area contributed by atoms with Gasteiger partial charge in [0.25, 0.3) is 0 Å². The molecule has 2 aromatic rings. The third-order valence-corrected chi connectivity index (χ3v) is 7.29. The Hall–Kier alpha value is -2.67. The van der Waals surface area contributed by atoms with Crippen LogP contribution in [0.2, 0.25) is 0 Å². The summed E-state index contributed by atoms with van der Waals surface area (Å²) in [6.45, 7) is 5.67. The standard InChI is InChI=1S/C25H30N2O5/c1-25(2)8-7-15-16-11-20(32-10-4-9-31-3)21(14-5-6-14)26-22(16)18-12-19(28)17(24(29)30)13-27(18)23(15)25/h11-15,23H,4-10H2,1-3H3,(H,29,30)/t15?,23-/m0/s1. The second kappa shape index (κ2) is 7.73. The highest BCUT2D eigenvalue weighted by atomic mass is 16.5. The summed E-state index contributed by atoms with van der Waals surface area (Å²) < 4.78 is 13.3. The molecule has 0 saturated heterocycles. The molecule has 5 rings (SSSR count). The Morgan fingerprint density at radius 3 is 2.72 bits per heavy atom. The SMILES string of the molecule is COCCCOc1cc2c(nc1C1CC1)-c1cc(=O)c(C(=O)O)cn1[C@H]1C2CCC1(C)C. The normalized spacial score (nSPS) is 22.7. The molecule has 1 N–H and O–H groups in total. The Balaban J connectivity index is 1.67. The molecule has 2 saturated carbocycles. The molecule has 0 bridgehead atoms. The highest BCUT2D eigenvalue weighted by molar-refractivity contribution is 5.87. The molecule has 0 radical (unpaired) electrons. The molecule has 32 heavy (non-hydrogen) atoms. The fourth-order valence-electron chi connectivity index (χ4n) is 5.57. The van der Waals surface area contributed by atoms with E-state index >= 15 is 0 Å². The van der Waals surface area contributed by atoms with Gasteiger partial charge in [0.2, 0.25) is 0 Å². The molecule has 0 aromatic carbocycles. The van der Waals surface area contributed by atoms with Crippen molar-refractivity contribution in [1.82, 2.24) is 9.55 Å². The molecule has 170 valence electrons. The number of hydrogen-bond acceptors (Lipinski definition) is 5. The topological polar surface area (TPSA) is 90.7 Å². The number of methoxy groups -OCH3 is 1. The Kier molecular flexibility index (Phi) is 5.12. The zero-order valence-electron chi connectivity index (χ0n) is 18.9. The van der Waals surface area contributed by atoms with E-state index in [0.29, 0.717) is 19.1 Å². The first-order valence-electron chi connectivity index (χ1n) is 11.5. The van der Waals surface area contributed by atoms with Crippen LogP contribution in [-0.2, 0) is 4.74 Å². The molecule has 2 aromatic heterocycles. The summed E-state index contributed by atoms with van der Waals surface area (Å²) in [6.07, 6.45) is 6.54. The lowest BCUT2D eigenvalue weighted by Crippen LogP contribution is -2.32. The average molecular weight is 439 g/mol. The van der Waals surface area contributed by atoms with Gasteiger partial charge < -0.3 is 19.1 Å². The Morgan fingerprint density at radius 2 is 2.03 bits per heavy atom. The van der Waals surface area contributed by atoms with Crippen LogP contribution in [0.5, 0.6) is 5.75 Å². The predicted molar refractivity (Wildman–Crippen MR) is 120 cm³/mol. The molecule has 1 aliphatic heterocycles. The highest BCUT2D eigenvalue weighted by Crippen LogP contribution is 2.59. The van der Waals surface area contributed by atoms with Crippen molar-refractivity contribution in [2.24, 2.45) is 5.41 Å². The van der Waals surface area contributed by atoms with Crippen LogP contribution in [-0.4, -0.2) is 41.0 Å². The van der Waals surface area contributed by atoms with Gasteiger partial charge in [-0.1, -0.05) is 13.8 Å². The van der Waals surface area contributed by atoms with E-state index in [2.05, 4.69) is 19.9 Å². The molecule has 2 aliphatic carbocycles. The number of fused-ring (bicyclic) bond motifs is 6. The molecule has 1 unspecified atom stereocenters. The second-order valence-corrected chi connectivity index (χ2v) is 10.0. The zero-order valence-corrected chi connectivity index (χ0v) is 18.9. The number of pyridine rings is 2. The maximum Gasteiger partial charge on any atom is 0.341 e. The Bertz CT molecular complexity index is 1130. The van der Waals surface area contributed by atoms with E-state index in [9.17, 15) is 14.7 Å². The van der Waals surface area contributed by atoms with Crippen molar-refractivity contribution in [3.05, 3.63) is 45.4 Å². The van der Waals surface area contributed by atoms with E-state index in [1.54, 1.807) is 13.3 Å². The van der Waals surface area contributed by atoms with E-state index in [1.807, 2.05) is 4.57 Å². The molecule has 3 aliphatic rings. The number of rotatable bonds is 7. The molecular weight excluding hydrogens is 408 g/mol. The molecule has 7 nitrogen and oxygen atoms in total. The number of carboxylic acids is 1. The Labute approximate surface area is 187 Å². The van der Waals surface area contributed by atoms with Crippen molar-refractivity contribution in [2.75, 3.05) is 20.3 Å². The minimum atomic E-state index is -1.19. The van der Waals surface area contributed by atoms with Gasteiger partial charge in [-0.2, -0.15) is 0 Å². The van der Waals surface area contributed by atoms with Gasteiger partial charge in [0.15, 0.2) is 5.43 Å². The van der Waals surface area contributed by atoms with Crippen LogP contribution >= 0.6 is 0 Å². The van der Waals surface area contributed by atoms with Gasteiger partial charge in [0, 0.05) is 50.3 Å². The lowest BCUT2D eigenvalue weighted by atomic mass is 9.78. The highest BCUT2D eigenvalue weighted by Gasteiger charge is 2.48. The molecule has 0 amide bonds. The maximum atomic E-state index is 12.6. The van der Waals surface area contributed by atoms with Gasteiger partial charge in [0.05, 0.1) is 23.7 Å². The first-order chi connectivity index (χ1) is 15.3. The zero-order chi connectivity index (χ0) is 22.6. The second-order valence-electron chi connectivity index (χ2n) is 10.0. The fraction of sp³-hybridized carbons (Fsp3) is 0.560. The van der Waals surface area contributed by atoms with Gasteiger partial charge >= 0.3 is 5.97 Å². The van der Waals surface area contributed by atoms with Crippen LogP contribution in [0.25, 0.3) is 11.4 Å². The third kappa shape index (κ3) is 3.43. The van der Waals surface area contributed by atoms with Crippen LogP contribution < -0.4 is 10.2 Å². The van der Waals surface area contributed by atoms with Crippen molar-refractivity contribution in [3.8, 4) is 17.1 Å². The summed E-state index contributed by atoms with van der Waals surface area (Å²) >= 11 is 0. The Morgan fingerprint density at radius 1 is 1.25 bits per heavy atom. The number of nitrogens with zero attached hydrogens (tertiary/aromatic N) is 2. The van der Waals surface area contributed by atoms with E-state index in [4.69, 9.17) is 14.5 Å². The minimum Gasteiger partial charge on any atom is -0.492 e. The van der Waals surface area contributed by atoms with E-state index in [1.165, 1.54) is 6.07 Å². The van der Waals surface area contributed by atoms with Crippen LogP contribution in [0, 0.1) is 5.41 Å². The van der Waals surface area contributed by atoms with E-state index in [0.717, 1.165) is 60.5 Å². The summed E-state index contributed by atoms with van der Waals surface area (Å²) in [5.41, 5.74) is 2.92. The number of aromatic nitrogens is 2. The summed E-state index contributed by atoms with van der Waals surface area (Å²) in [4.78, 5) is 29.4. The van der Waals surface area contributed by atoms with Gasteiger partial charge in [0.1, 0.15) is 11.3 Å². The van der Waals surface area contributed by atoms with Gasteiger partial charge in [-0.3, -0.25) is 4.79 Å². The van der Waals surface area contributed by atoms with Gasteiger partial charge in [-0.05, 0) is 42.7 Å². The van der Waals surface area contributed by atoms with Crippen molar-refractivity contribution in [2.45, 2.75) is 63.8 Å². The predicted octanol–water partition coefficient (Wildman–Crippen LogP) is 4.36. The van der Waals surface area contributed by atoms with E-state index < -0.39 is 11.4 Å². The largest absolute Gasteiger partial charge is 0.492 e. The van der Waals surface area contributed by atoms with Crippen LogP contribution in [0.4, 0.5) is 0 Å². The quantitative estimate of drug-likeness (QED) is 0.646. The molecule has 0 spiro atoms. The lowest BCUT2D eigenvalue weighted by molar-refractivity contribution is 0.0693. The summed E-state index contributed by atoms with van der Waals surface area (Å²) in [6, 6.07) is 3.69. The first-order valence-corrected chi connectivity index (χ1v) is 11.5. The van der Waals surface area contributed by atoms with Gasteiger partial charge in [-0.25, -0.2) is 9.78 Å². The van der Waals surface area contributed by atoms with Crippen LogP contribution in [0.3, 0.4) is 0 Å². The lowest BCUT2D eigenvalue weighted by Gasteiger charge is -2.39.